The Labute approximate surface area is 152 Å². The standard InChI is InChI=1S/C23H19FN2/c1-17-6-8-19(9-7-17)16-26-22-5-3-2-4-21(22)25-23(26)15-12-18-10-13-20(24)14-11-18/h2-15H,16H2,1H3/b15-12+. The van der Waals surface area contributed by atoms with Gasteiger partial charge in [0.15, 0.2) is 0 Å². The third-order valence-electron chi connectivity index (χ3n) is 4.44. The van der Waals surface area contributed by atoms with Crippen LogP contribution in [0.1, 0.15) is 22.5 Å². The van der Waals surface area contributed by atoms with Crippen molar-refractivity contribution >= 4 is 23.2 Å². The number of fused-ring (bicyclic) bond motifs is 1. The van der Waals surface area contributed by atoms with E-state index in [9.17, 15) is 4.39 Å². The van der Waals surface area contributed by atoms with Gasteiger partial charge >= 0.3 is 0 Å². The Morgan fingerprint density at radius 3 is 2.38 bits per heavy atom. The molecule has 0 radical (unpaired) electrons. The molecule has 0 bridgehead atoms. The molecule has 4 rings (SSSR count). The molecule has 0 aliphatic rings. The van der Waals surface area contributed by atoms with Crippen molar-refractivity contribution in [1.82, 2.24) is 9.55 Å². The van der Waals surface area contributed by atoms with Gasteiger partial charge in [-0.2, -0.15) is 0 Å². The Kier molecular flexibility index (Phi) is 4.36. The summed E-state index contributed by atoms with van der Waals surface area (Å²) in [5, 5.41) is 0. The van der Waals surface area contributed by atoms with Gasteiger partial charge in [-0.05, 0) is 48.4 Å². The first-order valence-corrected chi connectivity index (χ1v) is 8.63. The fraction of sp³-hybridized carbons (Fsp3) is 0.0870. The summed E-state index contributed by atoms with van der Waals surface area (Å²) in [6, 6.07) is 23.2. The Morgan fingerprint density at radius 2 is 1.62 bits per heavy atom. The first-order valence-electron chi connectivity index (χ1n) is 8.63. The van der Waals surface area contributed by atoms with Crippen LogP contribution in [-0.2, 0) is 6.54 Å². The van der Waals surface area contributed by atoms with Crippen LogP contribution in [0.5, 0.6) is 0 Å². The number of hydrogen-bond acceptors (Lipinski definition) is 1. The van der Waals surface area contributed by atoms with Crippen LogP contribution in [0.2, 0.25) is 0 Å². The van der Waals surface area contributed by atoms with Crippen molar-refractivity contribution in [2.24, 2.45) is 0 Å². The van der Waals surface area contributed by atoms with E-state index in [-0.39, 0.29) is 5.82 Å². The molecule has 0 spiro atoms. The van der Waals surface area contributed by atoms with E-state index in [1.807, 2.05) is 30.4 Å². The van der Waals surface area contributed by atoms with Gasteiger partial charge in [-0.15, -0.1) is 0 Å². The van der Waals surface area contributed by atoms with E-state index in [0.717, 1.165) is 29.0 Å². The Balaban J connectivity index is 1.73. The molecular formula is C23H19FN2. The zero-order chi connectivity index (χ0) is 17.9. The van der Waals surface area contributed by atoms with E-state index in [1.54, 1.807) is 12.1 Å². The third kappa shape index (κ3) is 3.42. The molecule has 3 heteroatoms. The van der Waals surface area contributed by atoms with Crippen LogP contribution in [0.25, 0.3) is 23.2 Å². The molecule has 128 valence electrons. The summed E-state index contributed by atoms with van der Waals surface area (Å²) in [4.78, 5) is 4.76. The van der Waals surface area contributed by atoms with E-state index in [4.69, 9.17) is 4.98 Å². The number of nitrogens with zero attached hydrogens (tertiary/aromatic N) is 2. The highest BCUT2D eigenvalue weighted by molar-refractivity contribution is 5.80. The summed E-state index contributed by atoms with van der Waals surface area (Å²) in [5.74, 6) is 0.657. The van der Waals surface area contributed by atoms with Crippen molar-refractivity contribution in [2.45, 2.75) is 13.5 Å². The molecular weight excluding hydrogens is 323 g/mol. The van der Waals surface area contributed by atoms with Crippen molar-refractivity contribution in [3.05, 3.63) is 101 Å². The lowest BCUT2D eigenvalue weighted by Crippen LogP contribution is -2.02. The van der Waals surface area contributed by atoms with E-state index in [0.29, 0.717) is 0 Å². The lowest BCUT2D eigenvalue weighted by atomic mass is 10.1. The van der Waals surface area contributed by atoms with E-state index >= 15 is 0 Å². The molecule has 0 atom stereocenters. The van der Waals surface area contributed by atoms with Crippen LogP contribution >= 0.6 is 0 Å². The fourth-order valence-corrected chi connectivity index (χ4v) is 3.01. The summed E-state index contributed by atoms with van der Waals surface area (Å²) < 4.78 is 15.3. The van der Waals surface area contributed by atoms with Crippen LogP contribution in [0, 0.1) is 12.7 Å². The number of aromatic nitrogens is 2. The van der Waals surface area contributed by atoms with Crippen molar-refractivity contribution in [2.75, 3.05) is 0 Å². The molecule has 0 saturated carbocycles. The minimum atomic E-state index is -0.228. The summed E-state index contributed by atoms with van der Waals surface area (Å²) in [6.45, 7) is 2.84. The molecule has 0 N–H and O–H groups in total. The topological polar surface area (TPSA) is 17.8 Å². The second kappa shape index (κ2) is 6.96. The first-order chi connectivity index (χ1) is 12.7. The Hall–Kier alpha value is -3.20. The fourth-order valence-electron chi connectivity index (χ4n) is 3.01. The van der Waals surface area contributed by atoms with Crippen LogP contribution in [-0.4, -0.2) is 9.55 Å². The number of aryl methyl sites for hydroxylation is 1. The second-order valence-electron chi connectivity index (χ2n) is 6.42. The zero-order valence-electron chi connectivity index (χ0n) is 14.6. The number of para-hydroxylation sites is 2. The lowest BCUT2D eigenvalue weighted by molar-refractivity contribution is 0.628. The van der Waals surface area contributed by atoms with Gasteiger partial charge in [0.25, 0.3) is 0 Å². The molecule has 0 unspecified atom stereocenters. The van der Waals surface area contributed by atoms with E-state index in [2.05, 4.69) is 41.8 Å². The van der Waals surface area contributed by atoms with Crippen LogP contribution in [0.4, 0.5) is 4.39 Å². The highest BCUT2D eigenvalue weighted by Crippen LogP contribution is 2.20. The molecule has 1 aromatic heterocycles. The molecule has 26 heavy (non-hydrogen) atoms. The average molecular weight is 342 g/mol. The number of rotatable bonds is 4. The summed E-state index contributed by atoms with van der Waals surface area (Å²) >= 11 is 0. The van der Waals surface area contributed by atoms with Crippen molar-refractivity contribution in [3.8, 4) is 0 Å². The maximum atomic E-state index is 13.1. The smallest absolute Gasteiger partial charge is 0.134 e. The molecule has 0 aliphatic carbocycles. The zero-order valence-corrected chi connectivity index (χ0v) is 14.6. The molecule has 4 aromatic rings. The minimum absolute atomic E-state index is 0.228. The quantitative estimate of drug-likeness (QED) is 0.465. The monoisotopic (exact) mass is 342 g/mol. The van der Waals surface area contributed by atoms with Crippen LogP contribution in [0.15, 0.2) is 72.8 Å². The molecule has 0 aliphatic heterocycles. The molecule has 0 amide bonds. The normalized spacial score (nSPS) is 11.5. The van der Waals surface area contributed by atoms with Gasteiger partial charge in [0.1, 0.15) is 11.6 Å². The molecule has 1 heterocycles. The lowest BCUT2D eigenvalue weighted by Gasteiger charge is -2.08. The first kappa shape index (κ1) is 16.3. The SMILES string of the molecule is Cc1ccc(Cn2c(/C=C/c3ccc(F)cc3)nc3ccccc32)cc1. The van der Waals surface area contributed by atoms with Gasteiger partial charge in [-0.3, -0.25) is 0 Å². The van der Waals surface area contributed by atoms with Gasteiger partial charge < -0.3 is 4.57 Å². The largest absolute Gasteiger partial charge is 0.320 e. The maximum absolute atomic E-state index is 13.1. The van der Waals surface area contributed by atoms with Crippen LogP contribution in [0.3, 0.4) is 0 Å². The van der Waals surface area contributed by atoms with E-state index < -0.39 is 0 Å². The molecule has 3 aromatic carbocycles. The van der Waals surface area contributed by atoms with Crippen LogP contribution < -0.4 is 0 Å². The van der Waals surface area contributed by atoms with Crippen molar-refractivity contribution in [3.63, 3.8) is 0 Å². The Bertz CT molecular complexity index is 1060. The highest BCUT2D eigenvalue weighted by atomic mass is 19.1. The second-order valence-corrected chi connectivity index (χ2v) is 6.42. The highest BCUT2D eigenvalue weighted by Gasteiger charge is 2.08. The molecule has 0 saturated heterocycles. The summed E-state index contributed by atoms with van der Waals surface area (Å²) in [5.41, 5.74) is 5.50. The predicted octanol–water partition coefficient (Wildman–Crippen LogP) is 5.70. The molecule has 0 fully saturated rings. The molecule has 2 nitrogen and oxygen atoms in total. The number of imidazole rings is 1. The van der Waals surface area contributed by atoms with E-state index in [1.165, 1.54) is 23.3 Å². The van der Waals surface area contributed by atoms with Gasteiger partial charge in [0, 0.05) is 6.54 Å². The van der Waals surface area contributed by atoms with Gasteiger partial charge in [-0.1, -0.05) is 60.2 Å². The minimum Gasteiger partial charge on any atom is -0.320 e. The Morgan fingerprint density at radius 1 is 0.885 bits per heavy atom. The van der Waals surface area contributed by atoms with Crippen molar-refractivity contribution < 1.29 is 4.39 Å². The number of halogens is 1. The summed E-state index contributed by atoms with van der Waals surface area (Å²) in [7, 11) is 0. The summed E-state index contributed by atoms with van der Waals surface area (Å²) in [6.07, 6.45) is 3.95. The van der Waals surface area contributed by atoms with Crippen molar-refractivity contribution in [1.29, 1.82) is 0 Å². The third-order valence-corrected chi connectivity index (χ3v) is 4.44. The number of benzene rings is 3. The predicted molar refractivity (Wildman–Crippen MR) is 105 cm³/mol. The average Bonchev–Trinajstić information content (AvgIpc) is 3.01. The van der Waals surface area contributed by atoms with Gasteiger partial charge in [0.05, 0.1) is 11.0 Å². The van der Waals surface area contributed by atoms with Gasteiger partial charge in [0.2, 0.25) is 0 Å². The maximum Gasteiger partial charge on any atom is 0.134 e. The van der Waals surface area contributed by atoms with Gasteiger partial charge in [-0.25, -0.2) is 9.37 Å². The number of hydrogen-bond donors (Lipinski definition) is 0.